The average Bonchev–Trinajstić information content (AvgIpc) is 2.50. The molecule has 23 heavy (non-hydrogen) atoms. The van der Waals surface area contributed by atoms with Gasteiger partial charge in [-0.2, -0.15) is 0 Å². The molecule has 0 spiro atoms. The van der Waals surface area contributed by atoms with E-state index in [0.717, 1.165) is 0 Å². The molecule has 0 aromatic heterocycles. The summed E-state index contributed by atoms with van der Waals surface area (Å²) in [5, 5.41) is 1.89. The SMILES string of the molecule is Cc1ccc(NC(=O)c2ccccc2S(=O)(=O)C(C)C)cc1F. The molecule has 0 atom stereocenters. The number of anilines is 1. The average molecular weight is 335 g/mol. The minimum Gasteiger partial charge on any atom is -0.322 e. The van der Waals surface area contributed by atoms with Gasteiger partial charge < -0.3 is 5.32 Å². The van der Waals surface area contributed by atoms with Crippen LogP contribution in [0.4, 0.5) is 10.1 Å². The monoisotopic (exact) mass is 335 g/mol. The lowest BCUT2D eigenvalue weighted by molar-refractivity contribution is 0.102. The quantitative estimate of drug-likeness (QED) is 0.929. The number of hydrogen-bond acceptors (Lipinski definition) is 3. The van der Waals surface area contributed by atoms with Gasteiger partial charge in [-0.3, -0.25) is 4.79 Å². The Labute approximate surface area is 135 Å². The van der Waals surface area contributed by atoms with Gasteiger partial charge in [0.2, 0.25) is 0 Å². The minimum atomic E-state index is -3.59. The van der Waals surface area contributed by atoms with E-state index in [0.29, 0.717) is 5.56 Å². The first-order valence-corrected chi connectivity index (χ1v) is 8.68. The van der Waals surface area contributed by atoms with E-state index < -0.39 is 26.8 Å². The maximum Gasteiger partial charge on any atom is 0.256 e. The van der Waals surface area contributed by atoms with Gasteiger partial charge in [-0.1, -0.05) is 18.2 Å². The summed E-state index contributed by atoms with van der Waals surface area (Å²) >= 11 is 0. The van der Waals surface area contributed by atoms with Crippen LogP contribution >= 0.6 is 0 Å². The number of benzene rings is 2. The molecule has 0 aliphatic rings. The van der Waals surface area contributed by atoms with Crippen molar-refractivity contribution in [2.45, 2.75) is 30.9 Å². The van der Waals surface area contributed by atoms with Crippen molar-refractivity contribution in [1.82, 2.24) is 0 Å². The third kappa shape index (κ3) is 3.59. The summed E-state index contributed by atoms with van der Waals surface area (Å²) in [4.78, 5) is 12.4. The molecular weight excluding hydrogens is 317 g/mol. The van der Waals surface area contributed by atoms with Gasteiger partial charge in [0.15, 0.2) is 9.84 Å². The third-order valence-electron chi connectivity index (χ3n) is 3.49. The lowest BCUT2D eigenvalue weighted by Gasteiger charge is -2.13. The molecule has 122 valence electrons. The molecule has 2 aromatic carbocycles. The highest BCUT2D eigenvalue weighted by atomic mass is 32.2. The molecule has 0 fully saturated rings. The Kier molecular flexibility index (Phi) is 4.85. The van der Waals surface area contributed by atoms with E-state index in [-0.39, 0.29) is 16.1 Å². The highest BCUT2D eigenvalue weighted by molar-refractivity contribution is 7.92. The van der Waals surface area contributed by atoms with Crippen LogP contribution in [0.5, 0.6) is 0 Å². The summed E-state index contributed by atoms with van der Waals surface area (Å²) < 4.78 is 38.3. The molecule has 1 amide bonds. The summed E-state index contributed by atoms with van der Waals surface area (Å²) in [6.45, 7) is 4.73. The smallest absolute Gasteiger partial charge is 0.256 e. The van der Waals surface area contributed by atoms with Gasteiger partial charge in [-0.05, 0) is 50.6 Å². The first kappa shape index (κ1) is 17.1. The zero-order valence-electron chi connectivity index (χ0n) is 13.1. The molecule has 2 rings (SSSR count). The van der Waals surface area contributed by atoms with E-state index in [1.807, 2.05) is 0 Å². The molecule has 4 nitrogen and oxygen atoms in total. The molecule has 0 heterocycles. The van der Waals surface area contributed by atoms with Crippen LogP contribution in [0.2, 0.25) is 0 Å². The van der Waals surface area contributed by atoms with Crippen molar-refractivity contribution in [2.24, 2.45) is 0 Å². The van der Waals surface area contributed by atoms with Crippen molar-refractivity contribution >= 4 is 21.4 Å². The Balaban J connectivity index is 2.39. The number of amides is 1. The van der Waals surface area contributed by atoms with Crippen LogP contribution in [0.15, 0.2) is 47.4 Å². The largest absolute Gasteiger partial charge is 0.322 e. The van der Waals surface area contributed by atoms with Crippen molar-refractivity contribution in [3.63, 3.8) is 0 Å². The molecule has 2 aromatic rings. The van der Waals surface area contributed by atoms with Gasteiger partial charge in [0.25, 0.3) is 5.91 Å². The van der Waals surface area contributed by atoms with Crippen molar-refractivity contribution in [3.05, 3.63) is 59.4 Å². The van der Waals surface area contributed by atoms with Crippen molar-refractivity contribution in [3.8, 4) is 0 Å². The van der Waals surface area contributed by atoms with Crippen LogP contribution in [0.25, 0.3) is 0 Å². The van der Waals surface area contributed by atoms with Crippen LogP contribution < -0.4 is 5.32 Å². The summed E-state index contributed by atoms with van der Waals surface area (Å²) in [5.74, 6) is -1.03. The van der Waals surface area contributed by atoms with E-state index >= 15 is 0 Å². The summed E-state index contributed by atoms with van der Waals surface area (Å²) in [5.41, 5.74) is 0.780. The predicted molar refractivity (Wildman–Crippen MR) is 87.9 cm³/mol. The number of halogens is 1. The standard InChI is InChI=1S/C17H18FNO3S/c1-11(2)23(21,22)16-7-5-4-6-14(16)17(20)19-13-9-8-12(3)15(18)10-13/h4-11H,1-3H3,(H,19,20). The molecule has 6 heteroatoms. The Bertz CT molecular complexity index is 845. The molecule has 0 aliphatic carbocycles. The highest BCUT2D eigenvalue weighted by Gasteiger charge is 2.25. The van der Waals surface area contributed by atoms with E-state index in [2.05, 4.69) is 5.32 Å². The molecule has 0 radical (unpaired) electrons. The Morgan fingerprint density at radius 3 is 2.39 bits per heavy atom. The topological polar surface area (TPSA) is 63.2 Å². The summed E-state index contributed by atoms with van der Waals surface area (Å²) in [6.07, 6.45) is 0. The second-order valence-electron chi connectivity index (χ2n) is 5.51. The molecule has 0 bridgehead atoms. The molecule has 0 aliphatic heterocycles. The lowest BCUT2D eigenvalue weighted by Crippen LogP contribution is -2.20. The highest BCUT2D eigenvalue weighted by Crippen LogP contribution is 2.22. The normalized spacial score (nSPS) is 11.5. The van der Waals surface area contributed by atoms with Gasteiger partial charge in [0.1, 0.15) is 5.82 Å². The predicted octanol–water partition coefficient (Wildman–Crippen LogP) is 3.57. The van der Waals surface area contributed by atoms with Gasteiger partial charge in [-0.15, -0.1) is 0 Å². The van der Waals surface area contributed by atoms with Gasteiger partial charge in [0, 0.05) is 5.69 Å². The fourth-order valence-electron chi connectivity index (χ4n) is 2.03. The Hall–Kier alpha value is -2.21. The molecule has 0 saturated heterocycles. The summed E-state index contributed by atoms with van der Waals surface area (Å²) in [6, 6.07) is 10.3. The van der Waals surface area contributed by atoms with E-state index in [1.54, 1.807) is 45.0 Å². The van der Waals surface area contributed by atoms with Crippen molar-refractivity contribution in [2.75, 3.05) is 5.32 Å². The van der Waals surface area contributed by atoms with Crippen molar-refractivity contribution < 1.29 is 17.6 Å². The first-order chi connectivity index (χ1) is 10.7. The molecule has 0 saturated carbocycles. The number of nitrogens with one attached hydrogen (secondary N) is 1. The van der Waals surface area contributed by atoms with Gasteiger partial charge in [-0.25, -0.2) is 12.8 Å². The summed E-state index contributed by atoms with van der Waals surface area (Å²) in [7, 11) is -3.59. The zero-order chi connectivity index (χ0) is 17.2. The maximum absolute atomic E-state index is 13.6. The first-order valence-electron chi connectivity index (χ1n) is 7.14. The van der Waals surface area contributed by atoms with Crippen molar-refractivity contribution in [1.29, 1.82) is 0 Å². The van der Waals surface area contributed by atoms with E-state index in [4.69, 9.17) is 0 Å². The molecule has 1 N–H and O–H groups in total. The number of rotatable bonds is 4. The van der Waals surface area contributed by atoms with Crippen LogP contribution in [-0.2, 0) is 9.84 Å². The van der Waals surface area contributed by atoms with Crippen LogP contribution in [0.1, 0.15) is 29.8 Å². The number of aryl methyl sites for hydroxylation is 1. The fourth-order valence-corrected chi connectivity index (χ4v) is 3.27. The fraction of sp³-hybridized carbons (Fsp3) is 0.235. The number of hydrogen-bond donors (Lipinski definition) is 1. The lowest BCUT2D eigenvalue weighted by atomic mass is 10.2. The molecular formula is C17H18FNO3S. The third-order valence-corrected chi connectivity index (χ3v) is 5.70. The van der Waals surface area contributed by atoms with Gasteiger partial charge in [0.05, 0.1) is 15.7 Å². The van der Waals surface area contributed by atoms with E-state index in [9.17, 15) is 17.6 Å². The Morgan fingerprint density at radius 1 is 1.13 bits per heavy atom. The number of sulfone groups is 1. The molecule has 0 unspecified atom stereocenters. The van der Waals surface area contributed by atoms with Crippen LogP contribution in [0, 0.1) is 12.7 Å². The second-order valence-corrected chi connectivity index (χ2v) is 7.98. The van der Waals surface area contributed by atoms with Crippen LogP contribution in [-0.4, -0.2) is 19.6 Å². The maximum atomic E-state index is 13.6. The Morgan fingerprint density at radius 2 is 1.78 bits per heavy atom. The number of carbonyl (C=O) groups excluding carboxylic acids is 1. The van der Waals surface area contributed by atoms with E-state index in [1.165, 1.54) is 18.2 Å². The minimum absolute atomic E-state index is 0.0277. The van der Waals surface area contributed by atoms with Crippen LogP contribution in [0.3, 0.4) is 0 Å². The van der Waals surface area contributed by atoms with Gasteiger partial charge >= 0.3 is 0 Å². The zero-order valence-corrected chi connectivity index (χ0v) is 13.9. The number of carbonyl (C=O) groups is 1. The second kappa shape index (κ2) is 6.50.